The highest BCUT2D eigenvalue weighted by molar-refractivity contribution is 5.98. The van der Waals surface area contributed by atoms with Crippen LogP contribution in [0.5, 0.6) is 0 Å². The molecule has 2 unspecified atom stereocenters. The number of rotatable bonds is 1. The van der Waals surface area contributed by atoms with Crippen LogP contribution in [0.3, 0.4) is 0 Å². The topological polar surface area (TPSA) is 33.2 Å². The Bertz CT molecular complexity index is 363. The molecule has 0 aromatic carbocycles. The summed E-state index contributed by atoms with van der Waals surface area (Å²) >= 11 is 0. The highest BCUT2D eigenvalue weighted by atomic mass is 16.2. The van der Waals surface area contributed by atoms with Crippen molar-refractivity contribution >= 4 is 11.6 Å². The number of amides is 1. The average molecular weight is 187 g/mol. The van der Waals surface area contributed by atoms with Crippen molar-refractivity contribution in [2.45, 2.75) is 25.3 Å². The number of fused-ring (bicyclic) bond motifs is 2. The molecule has 1 aromatic rings. The summed E-state index contributed by atoms with van der Waals surface area (Å²) in [7, 11) is 0. The number of aromatic nitrogens is 1. The van der Waals surface area contributed by atoms with Crippen LogP contribution in [0.15, 0.2) is 18.3 Å². The zero-order valence-corrected chi connectivity index (χ0v) is 7.81. The number of hydrogen-bond acceptors (Lipinski definition) is 2. The molecule has 2 atom stereocenters. The fraction of sp³-hybridized carbons (Fsp3) is 0.455. The average Bonchev–Trinajstić information content (AvgIpc) is 2.79. The Balaban J connectivity index is 1.97. The predicted molar refractivity (Wildman–Crippen MR) is 51.7 cm³/mol. The summed E-state index contributed by atoms with van der Waals surface area (Å²) in [5.74, 6) is 0.568. The molecule has 3 rings (SSSR count). The summed E-state index contributed by atoms with van der Waals surface area (Å²) in [4.78, 5) is 17.7. The molecule has 1 aliphatic heterocycles. The van der Waals surface area contributed by atoms with E-state index in [9.17, 15) is 4.79 Å². The Hall–Kier alpha value is -1.38. The van der Waals surface area contributed by atoms with Gasteiger partial charge in [0, 0.05) is 12.0 Å². The molecule has 1 amide bonds. The van der Waals surface area contributed by atoms with Crippen molar-refractivity contribution in [3.8, 4) is 0 Å². The Labute approximate surface area is 82.8 Å². The van der Waals surface area contributed by atoms with Crippen molar-refractivity contribution in [2.24, 2.45) is 5.92 Å². The lowest BCUT2D eigenvalue weighted by molar-refractivity contribution is -0.121. The van der Waals surface area contributed by atoms with Gasteiger partial charge < -0.3 is 4.90 Å². The Morgan fingerprint density at radius 3 is 3.07 bits per heavy atom. The number of hydrogen-bond donors (Lipinski definition) is 0. The third-order valence-corrected chi connectivity index (χ3v) is 3.23. The van der Waals surface area contributed by atoms with E-state index in [0.29, 0.717) is 6.04 Å². The minimum atomic E-state index is 0.282. The van der Waals surface area contributed by atoms with Gasteiger partial charge in [0.25, 0.3) is 0 Å². The van der Waals surface area contributed by atoms with Gasteiger partial charge >= 0.3 is 0 Å². The van der Waals surface area contributed by atoms with E-state index in [2.05, 4.69) is 11.2 Å². The molecule has 14 heavy (non-hydrogen) atoms. The van der Waals surface area contributed by atoms with Gasteiger partial charge in [0.1, 0.15) is 0 Å². The second-order valence-electron chi connectivity index (χ2n) is 4.02. The Morgan fingerprint density at radius 1 is 1.50 bits per heavy atom. The van der Waals surface area contributed by atoms with E-state index in [1.165, 1.54) is 0 Å². The summed E-state index contributed by atoms with van der Waals surface area (Å²) in [6, 6.07) is 4.09. The molecule has 1 aliphatic carbocycles. The largest absolute Gasteiger partial charge is 0.308 e. The van der Waals surface area contributed by atoms with Crippen molar-refractivity contribution in [2.75, 3.05) is 4.90 Å². The fourth-order valence-electron chi connectivity index (χ4n) is 2.59. The molecule has 3 heteroatoms. The molecule has 1 radical (unpaired) electrons. The van der Waals surface area contributed by atoms with E-state index in [0.717, 1.165) is 24.9 Å². The van der Waals surface area contributed by atoms with Gasteiger partial charge in [-0.15, -0.1) is 0 Å². The quantitative estimate of drug-likeness (QED) is 0.665. The Kier molecular flexibility index (Phi) is 1.60. The van der Waals surface area contributed by atoms with Gasteiger partial charge in [0.2, 0.25) is 5.91 Å². The Morgan fingerprint density at radius 2 is 2.43 bits per heavy atom. The van der Waals surface area contributed by atoms with E-state index in [1.807, 2.05) is 11.0 Å². The van der Waals surface area contributed by atoms with Crippen LogP contribution in [0.1, 0.15) is 19.3 Å². The molecule has 2 aliphatic rings. The summed E-state index contributed by atoms with van der Waals surface area (Å²) in [6.45, 7) is 0. The van der Waals surface area contributed by atoms with Gasteiger partial charge in [-0.25, -0.2) is 0 Å². The van der Waals surface area contributed by atoms with Gasteiger partial charge in [0.15, 0.2) is 0 Å². The number of nitrogens with zero attached hydrogens (tertiary/aromatic N) is 2. The first-order valence-corrected chi connectivity index (χ1v) is 5.01. The third-order valence-electron chi connectivity index (χ3n) is 3.23. The summed E-state index contributed by atoms with van der Waals surface area (Å²) in [5.41, 5.74) is 0.931. The minimum Gasteiger partial charge on any atom is -0.308 e. The molecule has 71 valence electrons. The predicted octanol–water partition coefficient (Wildman–Crippen LogP) is 1.40. The molecule has 3 nitrogen and oxygen atoms in total. The number of pyridine rings is 1. The number of carbonyl (C=O) groups is 1. The van der Waals surface area contributed by atoms with Gasteiger partial charge in [-0.1, -0.05) is 0 Å². The number of piperidine rings is 1. The van der Waals surface area contributed by atoms with Gasteiger partial charge in [-0.2, -0.15) is 0 Å². The lowest BCUT2D eigenvalue weighted by atomic mass is 10.1. The van der Waals surface area contributed by atoms with E-state index in [-0.39, 0.29) is 11.8 Å². The lowest BCUT2D eigenvalue weighted by Crippen LogP contribution is -2.36. The third kappa shape index (κ3) is 0.983. The van der Waals surface area contributed by atoms with Crippen LogP contribution in [0.25, 0.3) is 0 Å². The highest BCUT2D eigenvalue weighted by Crippen LogP contribution is 2.40. The normalized spacial score (nSPS) is 30.0. The van der Waals surface area contributed by atoms with Gasteiger partial charge in [-0.3, -0.25) is 9.78 Å². The molecule has 1 saturated heterocycles. The number of anilines is 1. The zero-order valence-electron chi connectivity index (χ0n) is 7.81. The van der Waals surface area contributed by atoms with Crippen LogP contribution in [-0.2, 0) is 4.79 Å². The second-order valence-corrected chi connectivity index (χ2v) is 4.02. The maximum absolute atomic E-state index is 11.9. The van der Waals surface area contributed by atoms with E-state index in [1.54, 1.807) is 12.3 Å². The van der Waals surface area contributed by atoms with Gasteiger partial charge in [-0.05, 0) is 31.4 Å². The molecular weight excluding hydrogens is 176 g/mol. The number of carbonyl (C=O) groups excluding carboxylic acids is 1. The smallest absolute Gasteiger partial charge is 0.230 e. The monoisotopic (exact) mass is 187 g/mol. The first-order valence-electron chi connectivity index (χ1n) is 5.01. The molecular formula is C11H11N2O. The maximum atomic E-state index is 11.9. The first kappa shape index (κ1) is 7.97. The minimum absolute atomic E-state index is 0.282. The van der Waals surface area contributed by atoms with Crippen LogP contribution in [0.2, 0.25) is 0 Å². The van der Waals surface area contributed by atoms with Crippen LogP contribution >= 0.6 is 0 Å². The van der Waals surface area contributed by atoms with E-state index in [4.69, 9.17) is 0 Å². The lowest BCUT2D eigenvalue weighted by Gasteiger charge is -2.26. The molecule has 1 aromatic heterocycles. The van der Waals surface area contributed by atoms with Crippen molar-refractivity contribution in [1.82, 2.24) is 4.98 Å². The van der Waals surface area contributed by atoms with Crippen molar-refractivity contribution < 1.29 is 4.79 Å². The molecule has 2 bridgehead atoms. The van der Waals surface area contributed by atoms with Crippen molar-refractivity contribution in [1.29, 1.82) is 0 Å². The standard InChI is InChI=1S/C11H11N2O/c14-11-8-3-4-9(6-8)13(11)10-2-1-5-12-7-10/h1-2,7-9H,3-4,6H2. The molecule has 1 saturated carbocycles. The highest BCUT2D eigenvalue weighted by Gasteiger charge is 2.45. The van der Waals surface area contributed by atoms with Gasteiger partial charge in [0.05, 0.1) is 18.1 Å². The zero-order chi connectivity index (χ0) is 9.54. The fourth-order valence-corrected chi connectivity index (χ4v) is 2.59. The van der Waals surface area contributed by atoms with Crippen molar-refractivity contribution in [3.05, 3.63) is 24.5 Å². The summed E-state index contributed by atoms with van der Waals surface area (Å²) in [5, 5.41) is 0. The van der Waals surface area contributed by atoms with Crippen LogP contribution < -0.4 is 4.90 Å². The van der Waals surface area contributed by atoms with Crippen LogP contribution in [0.4, 0.5) is 5.69 Å². The van der Waals surface area contributed by atoms with Crippen LogP contribution in [-0.4, -0.2) is 16.9 Å². The summed E-state index contributed by atoms with van der Waals surface area (Å²) in [6.07, 6.45) is 7.71. The molecule has 0 spiro atoms. The van der Waals surface area contributed by atoms with E-state index >= 15 is 0 Å². The second kappa shape index (κ2) is 2.80. The first-order chi connectivity index (χ1) is 6.86. The van der Waals surface area contributed by atoms with E-state index < -0.39 is 0 Å². The maximum Gasteiger partial charge on any atom is 0.230 e. The van der Waals surface area contributed by atoms with Crippen LogP contribution in [0, 0.1) is 12.1 Å². The SMILES string of the molecule is O=C1C2CCC(C2)N1c1cc[c]nc1. The molecule has 0 N–H and O–H groups in total. The molecule has 2 heterocycles. The molecule has 2 fully saturated rings. The van der Waals surface area contributed by atoms with Crippen molar-refractivity contribution in [3.63, 3.8) is 0 Å². The summed E-state index contributed by atoms with van der Waals surface area (Å²) < 4.78 is 0.